The average Bonchev–Trinajstić information content (AvgIpc) is 2.20. The molecule has 0 radical (unpaired) electrons. The maximum Gasteiger partial charge on any atom is 0.220 e. The van der Waals surface area contributed by atoms with Gasteiger partial charge in [0.2, 0.25) is 5.91 Å². The SMILES string of the molecule is CC.CC1CNC(=O)C1. The molecule has 1 saturated heterocycles. The minimum absolute atomic E-state index is 0.201. The summed E-state index contributed by atoms with van der Waals surface area (Å²) in [6, 6.07) is 0. The van der Waals surface area contributed by atoms with Crippen LogP contribution in [0.25, 0.3) is 0 Å². The second-order valence-electron chi connectivity index (χ2n) is 2.11. The minimum atomic E-state index is 0.201. The second-order valence-corrected chi connectivity index (χ2v) is 2.11. The molecule has 2 heteroatoms. The maximum absolute atomic E-state index is 10.3. The fraction of sp³-hybridized carbons (Fsp3) is 0.857. The number of amides is 1. The molecule has 2 nitrogen and oxygen atoms in total. The van der Waals surface area contributed by atoms with E-state index < -0.39 is 0 Å². The number of carbonyl (C=O) groups is 1. The Morgan fingerprint density at radius 1 is 1.56 bits per heavy atom. The van der Waals surface area contributed by atoms with Gasteiger partial charge < -0.3 is 5.32 Å². The monoisotopic (exact) mass is 129 g/mol. The molecule has 1 aliphatic heterocycles. The largest absolute Gasteiger partial charge is 0.356 e. The Morgan fingerprint density at radius 2 is 2.11 bits per heavy atom. The van der Waals surface area contributed by atoms with E-state index in [1.165, 1.54) is 0 Å². The lowest BCUT2D eigenvalue weighted by molar-refractivity contribution is -0.119. The Bertz CT molecular complexity index is 90.9. The van der Waals surface area contributed by atoms with Crippen LogP contribution in [-0.2, 0) is 4.79 Å². The Labute approximate surface area is 56.6 Å². The molecule has 1 rings (SSSR count). The van der Waals surface area contributed by atoms with Crippen LogP contribution in [0.2, 0.25) is 0 Å². The molecule has 0 aliphatic carbocycles. The summed E-state index contributed by atoms with van der Waals surface area (Å²) in [7, 11) is 0. The van der Waals surface area contributed by atoms with E-state index in [0.29, 0.717) is 5.92 Å². The molecule has 0 aromatic rings. The van der Waals surface area contributed by atoms with Gasteiger partial charge >= 0.3 is 0 Å². The fourth-order valence-electron chi connectivity index (χ4n) is 0.749. The van der Waals surface area contributed by atoms with Crippen LogP contribution in [0.1, 0.15) is 27.2 Å². The zero-order valence-electron chi connectivity index (χ0n) is 6.40. The van der Waals surface area contributed by atoms with E-state index in [-0.39, 0.29) is 5.91 Å². The summed E-state index contributed by atoms with van der Waals surface area (Å²) in [5, 5.41) is 2.73. The van der Waals surface area contributed by atoms with E-state index >= 15 is 0 Å². The van der Waals surface area contributed by atoms with Crippen LogP contribution >= 0.6 is 0 Å². The van der Waals surface area contributed by atoms with Crippen LogP contribution in [0.4, 0.5) is 0 Å². The van der Waals surface area contributed by atoms with Crippen LogP contribution in [0.5, 0.6) is 0 Å². The molecule has 1 unspecified atom stereocenters. The molecule has 0 bridgehead atoms. The highest BCUT2D eigenvalue weighted by atomic mass is 16.1. The van der Waals surface area contributed by atoms with Gasteiger partial charge in [-0.25, -0.2) is 0 Å². The van der Waals surface area contributed by atoms with Crippen molar-refractivity contribution in [2.75, 3.05) is 6.54 Å². The van der Waals surface area contributed by atoms with Crippen LogP contribution in [0.15, 0.2) is 0 Å². The number of rotatable bonds is 0. The van der Waals surface area contributed by atoms with Gasteiger partial charge in [0.25, 0.3) is 0 Å². The molecule has 1 fully saturated rings. The van der Waals surface area contributed by atoms with Crippen molar-refractivity contribution >= 4 is 5.91 Å². The Hall–Kier alpha value is -0.530. The number of hydrogen-bond donors (Lipinski definition) is 1. The van der Waals surface area contributed by atoms with Crippen molar-refractivity contribution in [2.24, 2.45) is 5.92 Å². The second kappa shape index (κ2) is 4.36. The normalized spacial score (nSPS) is 24.3. The molecule has 0 saturated carbocycles. The van der Waals surface area contributed by atoms with E-state index in [1.807, 2.05) is 13.8 Å². The molecular formula is C7H15NO. The summed E-state index contributed by atoms with van der Waals surface area (Å²) in [5.74, 6) is 0.764. The molecule has 1 N–H and O–H groups in total. The third-order valence-electron chi connectivity index (χ3n) is 1.18. The van der Waals surface area contributed by atoms with Gasteiger partial charge in [-0.3, -0.25) is 4.79 Å². The molecule has 0 aromatic heterocycles. The van der Waals surface area contributed by atoms with Gasteiger partial charge in [0.15, 0.2) is 0 Å². The summed E-state index contributed by atoms with van der Waals surface area (Å²) in [5.41, 5.74) is 0. The first-order valence-electron chi connectivity index (χ1n) is 3.56. The van der Waals surface area contributed by atoms with E-state index in [1.54, 1.807) is 0 Å². The molecule has 0 aromatic carbocycles. The lowest BCUT2D eigenvalue weighted by atomic mass is 10.2. The molecule has 9 heavy (non-hydrogen) atoms. The van der Waals surface area contributed by atoms with Crippen molar-refractivity contribution in [2.45, 2.75) is 27.2 Å². The Morgan fingerprint density at radius 3 is 2.22 bits per heavy atom. The van der Waals surface area contributed by atoms with Gasteiger partial charge in [-0.15, -0.1) is 0 Å². The predicted molar refractivity (Wildman–Crippen MR) is 38.1 cm³/mol. The van der Waals surface area contributed by atoms with Crippen molar-refractivity contribution in [3.63, 3.8) is 0 Å². The average molecular weight is 129 g/mol. The van der Waals surface area contributed by atoms with Crippen molar-refractivity contribution in [1.29, 1.82) is 0 Å². The quantitative estimate of drug-likeness (QED) is 0.522. The van der Waals surface area contributed by atoms with Crippen molar-refractivity contribution < 1.29 is 4.79 Å². The van der Waals surface area contributed by atoms with E-state index in [9.17, 15) is 4.79 Å². The standard InChI is InChI=1S/C5H9NO.C2H6/c1-4-2-5(7)6-3-4;1-2/h4H,2-3H2,1H3,(H,6,7);1-2H3. The van der Waals surface area contributed by atoms with Gasteiger partial charge in [-0.05, 0) is 5.92 Å². The molecule has 0 spiro atoms. The number of nitrogens with one attached hydrogen (secondary N) is 1. The minimum Gasteiger partial charge on any atom is -0.356 e. The molecule has 1 aliphatic rings. The number of hydrogen-bond acceptors (Lipinski definition) is 1. The Kier molecular flexibility index (Phi) is 4.10. The molecule has 1 amide bonds. The van der Waals surface area contributed by atoms with E-state index in [0.717, 1.165) is 13.0 Å². The predicted octanol–water partition coefficient (Wildman–Crippen LogP) is 1.17. The smallest absolute Gasteiger partial charge is 0.220 e. The molecule has 1 atom stereocenters. The van der Waals surface area contributed by atoms with Crippen molar-refractivity contribution in [3.8, 4) is 0 Å². The van der Waals surface area contributed by atoms with Gasteiger partial charge in [0.05, 0.1) is 0 Å². The van der Waals surface area contributed by atoms with Gasteiger partial charge in [0.1, 0.15) is 0 Å². The summed E-state index contributed by atoms with van der Waals surface area (Å²) in [6.45, 7) is 6.94. The van der Waals surface area contributed by atoms with Crippen LogP contribution < -0.4 is 5.32 Å². The molecular weight excluding hydrogens is 114 g/mol. The first-order chi connectivity index (χ1) is 4.29. The third kappa shape index (κ3) is 3.12. The van der Waals surface area contributed by atoms with Gasteiger partial charge in [-0.2, -0.15) is 0 Å². The zero-order chi connectivity index (χ0) is 7.28. The topological polar surface area (TPSA) is 29.1 Å². The Balaban J connectivity index is 0.000000291. The highest BCUT2D eigenvalue weighted by Crippen LogP contribution is 2.05. The third-order valence-corrected chi connectivity index (χ3v) is 1.18. The zero-order valence-corrected chi connectivity index (χ0v) is 6.40. The van der Waals surface area contributed by atoms with E-state index in [4.69, 9.17) is 0 Å². The first kappa shape index (κ1) is 8.47. The van der Waals surface area contributed by atoms with Crippen LogP contribution in [-0.4, -0.2) is 12.5 Å². The fourth-order valence-corrected chi connectivity index (χ4v) is 0.749. The van der Waals surface area contributed by atoms with Gasteiger partial charge in [-0.1, -0.05) is 20.8 Å². The van der Waals surface area contributed by atoms with Crippen molar-refractivity contribution in [1.82, 2.24) is 5.32 Å². The van der Waals surface area contributed by atoms with Crippen LogP contribution in [0.3, 0.4) is 0 Å². The highest BCUT2D eigenvalue weighted by molar-refractivity contribution is 5.78. The molecule has 1 heterocycles. The van der Waals surface area contributed by atoms with Crippen LogP contribution in [0, 0.1) is 5.92 Å². The molecule has 54 valence electrons. The summed E-state index contributed by atoms with van der Waals surface area (Å²) < 4.78 is 0. The summed E-state index contributed by atoms with van der Waals surface area (Å²) in [6.07, 6.45) is 0.722. The lowest BCUT2D eigenvalue weighted by Gasteiger charge is -1.88. The van der Waals surface area contributed by atoms with Crippen molar-refractivity contribution in [3.05, 3.63) is 0 Å². The maximum atomic E-state index is 10.3. The van der Waals surface area contributed by atoms with Gasteiger partial charge in [0, 0.05) is 13.0 Å². The number of carbonyl (C=O) groups excluding carboxylic acids is 1. The summed E-state index contributed by atoms with van der Waals surface area (Å²) >= 11 is 0. The lowest BCUT2D eigenvalue weighted by Crippen LogP contribution is -2.13. The first-order valence-corrected chi connectivity index (χ1v) is 3.56. The van der Waals surface area contributed by atoms with E-state index in [2.05, 4.69) is 12.2 Å². The highest BCUT2D eigenvalue weighted by Gasteiger charge is 2.15. The summed E-state index contributed by atoms with van der Waals surface area (Å²) in [4.78, 5) is 10.3.